The van der Waals surface area contributed by atoms with Crippen LogP contribution in [-0.2, 0) is 26.2 Å². The van der Waals surface area contributed by atoms with E-state index in [2.05, 4.69) is 21.2 Å². The van der Waals surface area contributed by atoms with E-state index < -0.39 is 28.5 Å². The van der Waals surface area contributed by atoms with Crippen molar-refractivity contribution in [3.63, 3.8) is 0 Å². The van der Waals surface area contributed by atoms with E-state index in [1.165, 1.54) is 4.90 Å². The maximum Gasteiger partial charge on any atom is 0.244 e. The van der Waals surface area contributed by atoms with Crippen LogP contribution in [0.1, 0.15) is 38.2 Å². The molecule has 1 N–H and O–H groups in total. The molecule has 0 unspecified atom stereocenters. The molecule has 7 nitrogen and oxygen atoms in total. The van der Waals surface area contributed by atoms with Crippen LogP contribution in [0, 0.1) is 0 Å². The van der Waals surface area contributed by atoms with Crippen LogP contribution in [0.3, 0.4) is 0 Å². The quantitative estimate of drug-likeness (QED) is 0.436. The Hall–Kier alpha value is -1.81. The summed E-state index contributed by atoms with van der Waals surface area (Å²) >= 11 is 16.1. The first-order valence-corrected chi connectivity index (χ1v) is 14.6. The lowest BCUT2D eigenvalue weighted by Crippen LogP contribution is -2.52. The molecule has 35 heavy (non-hydrogen) atoms. The topological polar surface area (TPSA) is 86.8 Å². The summed E-state index contributed by atoms with van der Waals surface area (Å²) in [6, 6.07) is 10.8. The van der Waals surface area contributed by atoms with Gasteiger partial charge in [0.15, 0.2) is 0 Å². The van der Waals surface area contributed by atoms with Crippen LogP contribution in [0.15, 0.2) is 46.9 Å². The fourth-order valence-electron chi connectivity index (χ4n) is 4.07. The standard InChI is InChI=1S/C24H28BrCl2N3O4S/c1-16(24(32)28-18-8-3-4-9-18)29(14-20-21(26)11-6-12-22(20)27)23(31)15-30(35(2,33)34)19-10-5-7-17(25)13-19/h5-7,10-13,16,18H,3-4,8-9,14-15H2,1-2H3,(H,28,32)/t16-/m0/s1. The molecule has 1 fully saturated rings. The number of carbonyl (C=O) groups is 2. The number of sulfonamides is 1. The van der Waals surface area contributed by atoms with Gasteiger partial charge in [0.1, 0.15) is 12.6 Å². The lowest BCUT2D eigenvalue weighted by atomic mass is 10.1. The number of anilines is 1. The second-order valence-electron chi connectivity index (χ2n) is 8.64. The van der Waals surface area contributed by atoms with E-state index in [9.17, 15) is 18.0 Å². The number of hydrogen-bond acceptors (Lipinski definition) is 4. The lowest BCUT2D eigenvalue weighted by molar-refractivity contribution is -0.139. The average Bonchev–Trinajstić information content (AvgIpc) is 3.29. The van der Waals surface area contributed by atoms with Crippen LogP contribution in [0.2, 0.25) is 10.0 Å². The van der Waals surface area contributed by atoms with Gasteiger partial charge >= 0.3 is 0 Å². The highest BCUT2D eigenvalue weighted by Gasteiger charge is 2.32. The highest BCUT2D eigenvalue weighted by Crippen LogP contribution is 2.28. The Bertz CT molecular complexity index is 1170. The molecule has 0 bridgehead atoms. The molecule has 0 spiro atoms. The molecule has 0 aromatic heterocycles. The van der Waals surface area contributed by atoms with Crippen molar-refractivity contribution in [1.29, 1.82) is 0 Å². The van der Waals surface area contributed by atoms with Gasteiger partial charge < -0.3 is 10.2 Å². The molecule has 2 amide bonds. The zero-order valence-corrected chi connectivity index (χ0v) is 23.4. The predicted octanol–water partition coefficient (Wildman–Crippen LogP) is 5.00. The van der Waals surface area contributed by atoms with E-state index in [1.54, 1.807) is 49.4 Å². The first-order valence-electron chi connectivity index (χ1n) is 11.2. The van der Waals surface area contributed by atoms with Gasteiger partial charge in [-0.1, -0.05) is 64.1 Å². The molecular formula is C24H28BrCl2N3O4S. The summed E-state index contributed by atoms with van der Waals surface area (Å²) in [7, 11) is -3.80. The van der Waals surface area contributed by atoms with Crippen LogP contribution >= 0.6 is 39.1 Å². The van der Waals surface area contributed by atoms with Crippen LogP contribution in [-0.4, -0.2) is 50.0 Å². The van der Waals surface area contributed by atoms with E-state index in [4.69, 9.17) is 23.2 Å². The van der Waals surface area contributed by atoms with Crippen LogP contribution in [0.5, 0.6) is 0 Å². The minimum absolute atomic E-state index is 0.0489. The molecule has 1 atom stereocenters. The molecule has 0 aliphatic heterocycles. The van der Waals surface area contributed by atoms with Gasteiger partial charge in [0.25, 0.3) is 0 Å². The van der Waals surface area contributed by atoms with Crippen molar-refractivity contribution in [2.45, 2.75) is 51.2 Å². The zero-order chi connectivity index (χ0) is 25.8. The van der Waals surface area contributed by atoms with Gasteiger partial charge in [-0.15, -0.1) is 0 Å². The highest BCUT2D eigenvalue weighted by molar-refractivity contribution is 9.10. The normalized spacial score (nSPS) is 15.0. The number of nitrogens with zero attached hydrogens (tertiary/aromatic N) is 2. The van der Waals surface area contributed by atoms with E-state index >= 15 is 0 Å². The first kappa shape index (κ1) is 27.8. The Kier molecular flexibility index (Phi) is 9.48. The molecule has 0 saturated heterocycles. The molecule has 0 radical (unpaired) electrons. The molecule has 2 aromatic carbocycles. The smallest absolute Gasteiger partial charge is 0.244 e. The van der Waals surface area contributed by atoms with Gasteiger partial charge in [-0.3, -0.25) is 13.9 Å². The van der Waals surface area contributed by atoms with Crippen molar-refractivity contribution in [3.8, 4) is 0 Å². The Morgan fingerprint density at radius 2 is 1.71 bits per heavy atom. The summed E-state index contributed by atoms with van der Waals surface area (Å²) < 4.78 is 26.9. The molecule has 190 valence electrons. The molecule has 1 aliphatic rings. The first-order chi connectivity index (χ1) is 16.5. The molecule has 3 rings (SSSR count). The predicted molar refractivity (Wildman–Crippen MR) is 143 cm³/mol. The Morgan fingerprint density at radius 1 is 1.11 bits per heavy atom. The van der Waals surface area contributed by atoms with Gasteiger partial charge in [0.2, 0.25) is 21.8 Å². The number of carbonyl (C=O) groups excluding carboxylic acids is 2. The van der Waals surface area contributed by atoms with Crippen molar-refractivity contribution in [2.75, 3.05) is 17.1 Å². The van der Waals surface area contributed by atoms with Crippen molar-refractivity contribution in [3.05, 3.63) is 62.5 Å². The van der Waals surface area contributed by atoms with Crippen LogP contribution in [0.25, 0.3) is 0 Å². The maximum atomic E-state index is 13.6. The lowest BCUT2D eigenvalue weighted by Gasteiger charge is -2.32. The van der Waals surface area contributed by atoms with Crippen molar-refractivity contribution in [1.82, 2.24) is 10.2 Å². The Labute approximate surface area is 224 Å². The average molecular weight is 605 g/mol. The zero-order valence-electron chi connectivity index (χ0n) is 19.5. The number of hydrogen-bond donors (Lipinski definition) is 1. The van der Waals surface area contributed by atoms with E-state index in [0.717, 1.165) is 36.2 Å². The summed E-state index contributed by atoms with van der Waals surface area (Å²) in [5.74, 6) is -0.859. The minimum Gasteiger partial charge on any atom is -0.352 e. The Morgan fingerprint density at radius 3 is 2.29 bits per heavy atom. The number of rotatable bonds is 9. The van der Waals surface area contributed by atoms with Crippen LogP contribution < -0.4 is 9.62 Å². The summed E-state index contributed by atoms with van der Waals surface area (Å²) in [4.78, 5) is 28.0. The fourth-order valence-corrected chi connectivity index (χ4v) is 5.82. The Balaban J connectivity index is 1.92. The molecule has 1 aliphatic carbocycles. The van der Waals surface area contributed by atoms with Gasteiger partial charge in [0.05, 0.1) is 11.9 Å². The van der Waals surface area contributed by atoms with Gasteiger partial charge in [-0.25, -0.2) is 8.42 Å². The minimum atomic E-state index is -3.80. The van der Waals surface area contributed by atoms with Crippen molar-refractivity contribution >= 4 is 66.7 Å². The molecule has 0 heterocycles. The second kappa shape index (κ2) is 12.0. The summed E-state index contributed by atoms with van der Waals surface area (Å²) in [6.07, 6.45) is 4.92. The largest absolute Gasteiger partial charge is 0.352 e. The summed E-state index contributed by atoms with van der Waals surface area (Å²) in [6.45, 7) is 1.09. The molecule has 11 heteroatoms. The third-order valence-corrected chi connectivity index (χ3v) is 8.38. The van der Waals surface area contributed by atoms with Crippen molar-refractivity contribution in [2.24, 2.45) is 0 Å². The van der Waals surface area contributed by atoms with Gasteiger partial charge in [0, 0.05) is 32.7 Å². The SMILES string of the molecule is C[C@@H](C(=O)NC1CCCC1)N(Cc1c(Cl)cccc1Cl)C(=O)CN(c1cccc(Br)c1)S(C)(=O)=O. The van der Waals surface area contributed by atoms with E-state index in [-0.39, 0.29) is 18.5 Å². The fraction of sp³-hybridized carbons (Fsp3) is 0.417. The van der Waals surface area contributed by atoms with Crippen LogP contribution in [0.4, 0.5) is 5.69 Å². The number of halogens is 3. The summed E-state index contributed by atoms with van der Waals surface area (Å²) in [5, 5.41) is 3.72. The number of amides is 2. The summed E-state index contributed by atoms with van der Waals surface area (Å²) in [5.41, 5.74) is 0.812. The monoisotopic (exact) mass is 603 g/mol. The number of nitrogens with one attached hydrogen (secondary N) is 1. The molecular weight excluding hydrogens is 577 g/mol. The van der Waals surface area contributed by atoms with Gasteiger partial charge in [-0.2, -0.15) is 0 Å². The maximum absolute atomic E-state index is 13.6. The van der Waals surface area contributed by atoms with E-state index in [1.807, 2.05) is 0 Å². The number of benzene rings is 2. The van der Waals surface area contributed by atoms with Crippen molar-refractivity contribution < 1.29 is 18.0 Å². The third kappa shape index (κ3) is 7.35. The van der Waals surface area contributed by atoms with E-state index in [0.29, 0.717) is 25.8 Å². The molecule has 2 aromatic rings. The second-order valence-corrected chi connectivity index (χ2v) is 12.3. The van der Waals surface area contributed by atoms with Gasteiger partial charge in [-0.05, 0) is 50.1 Å². The highest BCUT2D eigenvalue weighted by atomic mass is 79.9. The molecule has 1 saturated carbocycles. The third-order valence-electron chi connectivity index (χ3n) is 6.03.